The molecule has 0 N–H and O–H groups in total. The van der Waals surface area contributed by atoms with Crippen molar-refractivity contribution in [1.82, 2.24) is 24.8 Å². The van der Waals surface area contributed by atoms with Gasteiger partial charge in [0.1, 0.15) is 5.82 Å². The van der Waals surface area contributed by atoms with E-state index in [-0.39, 0.29) is 5.82 Å². The van der Waals surface area contributed by atoms with E-state index in [1.165, 1.54) is 6.07 Å². The van der Waals surface area contributed by atoms with E-state index in [1.807, 2.05) is 19.2 Å². The second-order valence-corrected chi connectivity index (χ2v) is 5.26. The molecule has 0 bridgehead atoms. The molecule has 1 aromatic carbocycles. The third kappa shape index (κ3) is 3.62. The van der Waals surface area contributed by atoms with Gasteiger partial charge in [0, 0.05) is 25.9 Å². The van der Waals surface area contributed by atoms with Crippen LogP contribution in [0, 0.1) is 12.7 Å². The van der Waals surface area contributed by atoms with Crippen molar-refractivity contribution in [2.45, 2.75) is 26.9 Å². The van der Waals surface area contributed by atoms with Crippen LogP contribution in [0.3, 0.4) is 0 Å². The van der Waals surface area contributed by atoms with Crippen LogP contribution in [-0.4, -0.2) is 31.4 Å². The quantitative estimate of drug-likeness (QED) is 0.700. The molecule has 3 rings (SSSR count). The van der Waals surface area contributed by atoms with Crippen molar-refractivity contribution >= 4 is 0 Å². The average molecular weight is 315 g/mol. The Morgan fingerprint density at radius 1 is 1.30 bits per heavy atom. The lowest BCUT2D eigenvalue weighted by Gasteiger charge is -2.20. The molecule has 7 heteroatoms. The summed E-state index contributed by atoms with van der Waals surface area (Å²) < 4.78 is 20.4. The van der Waals surface area contributed by atoms with E-state index in [1.54, 1.807) is 29.9 Å². The van der Waals surface area contributed by atoms with Gasteiger partial charge in [-0.3, -0.25) is 4.90 Å². The van der Waals surface area contributed by atoms with E-state index >= 15 is 0 Å². The number of aromatic nitrogens is 4. The van der Waals surface area contributed by atoms with Gasteiger partial charge in [-0.25, -0.2) is 9.07 Å². The topological polar surface area (TPSA) is 60.0 Å². The normalized spacial score (nSPS) is 11.3. The van der Waals surface area contributed by atoms with Gasteiger partial charge in [-0.2, -0.15) is 10.1 Å². The Kier molecular flexibility index (Phi) is 4.47. The highest BCUT2D eigenvalue weighted by molar-refractivity contribution is 5.40. The number of benzene rings is 1. The predicted octanol–water partition coefficient (Wildman–Crippen LogP) is 2.72. The second kappa shape index (κ2) is 6.70. The smallest absolute Gasteiger partial charge is 0.223 e. The molecule has 0 aliphatic rings. The van der Waals surface area contributed by atoms with Crippen LogP contribution in [0.1, 0.15) is 24.2 Å². The van der Waals surface area contributed by atoms with Crippen LogP contribution >= 0.6 is 0 Å². The van der Waals surface area contributed by atoms with Gasteiger partial charge in [0.05, 0.1) is 12.2 Å². The van der Waals surface area contributed by atoms with Gasteiger partial charge in [-0.1, -0.05) is 12.1 Å². The fourth-order valence-corrected chi connectivity index (χ4v) is 2.44. The molecular formula is C16H18FN5O. The van der Waals surface area contributed by atoms with E-state index in [9.17, 15) is 4.39 Å². The van der Waals surface area contributed by atoms with Crippen molar-refractivity contribution in [2.24, 2.45) is 0 Å². The zero-order valence-corrected chi connectivity index (χ0v) is 13.1. The highest BCUT2D eigenvalue weighted by atomic mass is 19.1. The van der Waals surface area contributed by atoms with Gasteiger partial charge < -0.3 is 4.52 Å². The Bertz CT molecular complexity index is 769. The molecule has 0 amide bonds. The average Bonchev–Trinajstić information content (AvgIpc) is 3.18. The van der Waals surface area contributed by atoms with Crippen molar-refractivity contribution in [3.63, 3.8) is 0 Å². The van der Waals surface area contributed by atoms with Crippen LogP contribution in [0.5, 0.6) is 0 Å². The van der Waals surface area contributed by atoms with Crippen LogP contribution in [0.4, 0.5) is 4.39 Å². The molecular weight excluding hydrogens is 297 g/mol. The van der Waals surface area contributed by atoms with Crippen LogP contribution in [0.2, 0.25) is 0 Å². The van der Waals surface area contributed by atoms with Gasteiger partial charge in [0.25, 0.3) is 0 Å². The maximum Gasteiger partial charge on any atom is 0.223 e. The monoisotopic (exact) mass is 315 g/mol. The number of aryl methyl sites for hydroxylation is 1. The van der Waals surface area contributed by atoms with Crippen LogP contribution in [0.25, 0.3) is 5.69 Å². The zero-order chi connectivity index (χ0) is 16.2. The highest BCUT2D eigenvalue weighted by Crippen LogP contribution is 2.18. The van der Waals surface area contributed by atoms with Crippen molar-refractivity contribution < 1.29 is 8.91 Å². The number of nitrogens with zero attached hydrogens (tertiary/aromatic N) is 5. The number of rotatable bonds is 6. The lowest BCUT2D eigenvalue weighted by Crippen LogP contribution is -2.24. The minimum atomic E-state index is -0.262. The summed E-state index contributed by atoms with van der Waals surface area (Å²) in [6.07, 6.45) is 3.54. The molecule has 0 unspecified atom stereocenters. The van der Waals surface area contributed by atoms with Crippen molar-refractivity contribution in [2.75, 3.05) is 6.54 Å². The summed E-state index contributed by atoms with van der Waals surface area (Å²) in [5.74, 6) is 0.905. The van der Waals surface area contributed by atoms with Crippen molar-refractivity contribution in [3.8, 4) is 5.69 Å². The van der Waals surface area contributed by atoms with Gasteiger partial charge in [0.15, 0.2) is 5.82 Å². The summed E-state index contributed by atoms with van der Waals surface area (Å²) in [6.45, 7) is 5.69. The van der Waals surface area contributed by atoms with Crippen molar-refractivity contribution in [1.29, 1.82) is 0 Å². The van der Waals surface area contributed by atoms with E-state index in [4.69, 9.17) is 4.52 Å². The Hall–Kier alpha value is -2.54. The lowest BCUT2D eigenvalue weighted by atomic mass is 10.1. The minimum Gasteiger partial charge on any atom is -0.340 e. The Morgan fingerprint density at radius 2 is 2.17 bits per heavy atom. The van der Waals surface area contributed by atoms with Crippen molar-refractivity contribution in [3.05, 3.63) is 59.8 Å². The SMILES string of the molecule is CCN(Cc1noc(C)n1)Cc1cc(F)ccc1-n1cccn1. The molecule has 0 aliphatic carbocycles. The molecule has 2 aromatic heterocycles. The third-order valence-electron chi connectivity index (χ3n) is 3.57. The van der Waals surface area contributed by atoms with Crippen LogP contribution in [0.15, 0.2) is 41.2 Å². The molecule has 0 spiro atoms. The molecule has 120 valence electrons. The summed E-state index contributed by atoms with van der Waals surface area (Å²) >= 11 is 0. The predicted molar refractivity (Wildman–Crippen MR) is 82.3 cm³/mol. The summed E-state index contributed by atoms with van der Waals surface area (Å²) in [7, 11) is 0. The van der Waals surface area contributed by atoms with Crippen LogP contribution in [-0.2, 0) is 13.1 Å². The van der Waals surface area contributed by atoms with E-state index in [2.05, 4.69) is 20.1 Å². The number of hydrogen-bond donors (Lipinski definition) is 0. The van der Waals surface area contributed by atoms with Gasteiger partial charge in [-0.15, -0.1) is 0 Å². The summed E-state index contributed by atoms with van der Waals surface area (Å²) in [4.78, 5) is 6.34. The molecule has 0 atom stereocenters. The first kappa shape index (κ1) is 15.4. The van der Waals surface area contributed by atoms with Gasteiger partial charge >= 0.3 is 0 Å². The maximum atomic E-state index is 13.7. The fraction of sp³-hybridized carbons (Fsp3) is 0.312. The summed E-state index contributed by atoms with van der Waals surface area (Å²) in [5.41, 5.74) is 1.72. The largest absolute Gasteiger partial charge is 0.340 e. The molecule has 0 saturated heterocycles. The first-order valence-corrected chi connectivity index (χ1v) is 7.45. The molecule has 23 heavy (non-hydrogen) atoms. The van der Waals surface area contributed by atoms with Crippen LogP contribution < -0.4 is 0 Å². The first-order chi connectivity index (χ1) is 11.2. The molecule has 0 aliphatic heterocycles. The second-order valence-electron chi connectivity index (χ2n) is 5.26. The Morgan fingerprint density at radius 3 is 2.83 bits per heavy atom. The minimum absolute atomic E-state index is 0.262. The van der Waals surface area contributed by atoms with E-state index in [0.29, 0.717) is 24.8 Å². The fourth-order valence-electron chi connectivity index (χ4n) is 2.44. The Balaban J connectivity index is 1.84. The number of hydrogen-bond acceptors (Lipinski definition) is 5. The molecule has 6 nitrogen and oxygen atoms in total. The lowest BCUT2D eigenvalue weighted by molar-refractivity contribution is 0.258. The van der Waals surface area contributed by atoms with E-state index < -0.39 is 0 Å². The van der Waals surface area contributed by atoms with E-state index in [0.717, 1.165) is 17.8 Å². The maximum absolute atomic E-state index is 13.7. The first-order valence-electron chi connectivity index (χ1n) is 7.45. The molecule has 0 radical (unpaired) electrons. The summed E-state index contributed by atoms with van der Waals surface area (Å²) in [5, 5.41) is 8.15. The Labute approximate surface area is 133 Å². The highest BCUT2D eigenvalue weighted by Gasteiger charge is 2.13. The summed E-state index contributed by atoms with van der Waals surface area (Å²) in [6, 6.07) is 6.57. The zero-order valence-electron chi connectivity index (χ0n) is 13.1. The van der Waals surface area contributed by atoms with Gasteiger partial charge in [-0.05, 0) is 36.4 Å². The third-order valence-corrected chi connectivity index (χ3v) is 3.57. The molecule has 0 fully saturated rings. The number of halogens is 1. The molecule has 0 saturated carbocycles. The molecule has 2 heterocycles. The molecule has 3 aromatic rings. The standard InChI is InChI=1S/C16H18FN5O/c1-3-21(11-16-19-12(2)23-20-16)10-13-9-14(17)5-6-15(13)22-8-4-7-18-22/h4-9H,3,10-11H2,1-2H3. The van der Waals surface area contributed by atoms with Gasteiger partial charge in [0.2, 0.25) is 5.89 Å².